The second-order valence-corrected chi connectivity index (χ2v) is 10.5. The molecule has 1 N–H and O–H groups in total. The Labute approximate surface area is 217 Å². The summed E-state index contributed by atoms with van der Waals surface area (Å²) in [4.78, 5) is 30.0. The third kappa shape index (κ3) is 7.44. The zero-order chi connectivity index (χ0) is 25.3. The maximum atomic E-state index is 13.7. The van der Waals surface area contributed by atoms with Crippen molar-refractivity contribution in [2.45, 2.75) is 62.6 Å². The zero-order valence-corrected chi connectivity index (χ0v) is 21.5. The van der Waals surface area contributed by atoms with Gasteiger partial charge in [-0.3, -0.25) is 9.59 Å². The maximum absolute atomic E-state index is 13.7. The molecular formula is C30H33FN2O2S. The van der Waals surface area contributed by atoms with Gasteiger partial charge in [0, 0.05) is 23.9 Å². The standard InChI is InChI=1S/C30H33FN2O2S/c1-22-11-17-27(18-12-22)36-21-29(34)33(20-24-13-15-25(31)16-14-24)28(19-23-7-3-2-4-8-23)30(35)32-26-9-5-6-10-26/h2-4,7-8,11-18,26,28H,5-6,9-10,19-21H2,1H3,(H,32,35). The van der Waals surface area contributed by atoms with Crippen LogP contribution in [0.25, 0.3) is 0 Å². The number of nitrogens with zero attached hydrogens (tertiary/aromatic N) is 1. The number of benzene rings is 3. The highest BCUT2D eigenvalue weighted by Crippen LogP contribution is 2.23. The molecule has 1 fully saturated rings. The van der Waals surface area contributed by atoms with Gasteiger partial charge in [-0.25, -0.2) is 4.39 Å². The van der Waals surface area contributed by atoms with Crippen molar-refractivity contribution in [1.29, 1.82) is 0 Å². The molecule has 0 aliphatic heterocycles. The fourth-order valence-corrected chi connectivity index (χ4v) is 5.35. The highest BCUT2D eigenvalue weighted by Gasteiger charge is 2.32. The normalized spacial score (nSPS) is 14.4. The van der Waals surface area contributed by atoms with E-state index in [4.69, 9.17) is 0 Å². The Balaban J connectivity index is 1.59. The highest BCUT2D eigenvalue weighted by atomic mass is 32.2. The predicted molar refractivity (Wildman–Crippen MR) is 143 cm³/mol. The van der Waals surface area contributed by atoms with Gasteiger partial charge in [0.2, 0.25) is 11.8 Å². The molecule has 188 valence electrons. The molecule has 2 amide bonds. The average molecular weight is 505 g/mol. The van der Waals surface area contributed by atoms with Crippen LogP contribution in [0.15, 0.2) is 83.8 Å². The molecule has 1 aliphatic carbocycles. The number of carbonyl (C=O) groups is 2. The van der Waals surface area contributed by atoms with Crippen LogP contribution in [0, 0.1) is 12.7 Å². The van der Waals surface area contributed by atoms with Crippen molar-refractivity contribution in [3.05, 3.63) is 101 Å². The van der Waals surface area contributed by atoms with Crippen LogP contribution in [0.5, 0.6) is 0 Å². The molecule has 1 unspecified atom stereocenters. The van der Waals surface area contributed by atoms with Crippen molar-refractivity contribution >= 4 is 23.6 Å². The number of thioether (sulfide) groups is 1. The van der Waals surface area contributed by atoms with E-state index in [0.29, 0.717) is 6.42 Å². The van der Waals surface area contributed by atoms with Crippen LogP contribution in [-0.4, -0.2) is 34.6 Å². The van der Waals surface area contributed by atoms with Gasteiger partial charge >= 0.3 is 0 Å². The van der Waals surface area contributed by atoms with Crippen molar-refractivity contribution < 1.29 is 14.0 Å². The summed E-state index contributed by atoms with van der Waals surface area (Å²) in [6.45, 7) is 2.27. The lowest BCUT2D eigenvalue weighted by atomic mass is 10.0. The van der Waals surface area contributed by atoms with Crippen LogP contribution in [0.3, 0.4) is 0 Å². The molecule has 1 saturated carbocycles. The molecular weight excluding hydrogens is 471 g/mol. The largest absolute Gasteiger partial charge is 0.352 e. The van der Waals surface area contributed by atoms with Gasteiger partial charge < -0.3 is 10.2 Å². The number of rotatable bonds is 10. The first-order valence-electron chi connectivity index (χ1n) is 12.6. The maximum Gasteiger partial charge on any atom is 0.243 e. The molecule has 0 radical (unpaired) electrons. The highest BCUT2D eigenvalue weighted by molar-refractivity contribution is 8.00. The van der Waals surface area contributed by atoms with E-state index in [2.05, 4.69) is 5.32 Å². The average Bonchev–Trinajstić information content (AvgIpc) is 3.40. The second-order valence-electron chi connectivity index (χ2n) is 9.45. The van der Waals surface area contributed by atoms with E-state index in [1.807, 2.05) is 61.5 Å². The molecule has 0 bridgehead atoms. The summed E-state index contributed by atoms with van der Waals surface area (Å²) in [6.07, 6.45) is 4.58. The second kappa shape index (κ2) is 12.7. The predicted octanol–water partition coefficient (Wildman–Crippen LogP) is 5.93. The Morgan fingerprint density at radius 1 is 0.944 bits per heavy atom. The fourth-order valence-electron chi connectivity index (χ4n) is 4.57. The van der Waals surface area contributed by atoms with Gasteiger partial charge in [0.25, 0.3) is 0 Å². The fraction of sp³-hybridized carbons (Fsp3) is 0.333. The van der Waals surface area contributed by atoms with Crippen molar-refractivity contribution in [2.75, 3.05) is 5.75 Å². The van der Waals surface area contributed by atoms with E-state index in [9.17, 15) is 14.0 Å². The third-order valence-electron chi connectivity index (χ3n) is 6.62. The molecule has 0 aromatic heterocycles. The van der Waals surface area contributed by atoms with Gasteiger partial charge in [0.15, 0.2) is 0 Å². The lowest BCUT2D eigenvalue weighted by molar-refractivity contribution is -0.139. The first kappa shape index (κ1) is 26.0. The monoisotopic (exact) mass is 504 g/mol. The summed E-state index contributed by atoms with van der Waals surface area (Å²) in [5, 5.41) is 3.21. The topological polar surface area (TPSA) is 49.4 Å². The molecule has 0 heterocycles. The van der Waals surface area contributed by atoms with Gasteiger partial charge in [0.05, 0.1) is 5.75 Å². The van der Waals surface area contributed by atoms with Gasteiger partial charge in [-0.05, 0) is 55.2 Å². The molecule has 6 heteroatoms. The van der Waals surface area contributed by atoms with Gasteiger partial charge in [-0.1, -0.05) is 73.0 Å². The van der Waals surface area contributed by atoms with Crippen LogP contribution in [0.4, 0.5) is 4.39 Å². The number of carbonyl (C=O) groups excluding carboxylic acids is 2. The Hall–Kier alpha value is -3.12. The zero-order valence-electron chi connectivity index (χ0n) is 20.7. The van der Waals surface area contributed by atoms with Crippen LogP contribution in [0.2, 0.25) is 0 Å². The molecule has 36 heavy (non-hydrogen) atoms. The van der Waals surface area contributed by atoms with E-state index in [1.54, 1.807) is 17.0 Å². The minimum Gasteiger partial charge on any atom is -0.352 e. The van der Waals surface area contributed by atoms with Crippen LogP contribution >= 0.6 is 11.8 Å². The minimum atomic E-state index is -0.663. The third-order valence-corrected chi connectivity index (χ3v) is 7.62. The van der Waals surface area contributed by atoms with Gasteiger partial charge in [-0.15, -0.1) is 11.8 Å². The van der Waals surface area contributed by atoms with E-state index < -0.39 is 6.04 Å². The van der Waals surface area contributed by atoms with Crippen molar-refractivity contribution in [1.82, 2.24) is 10.2 Å². The number of nitrogens with one attached hydrogen (secondary N) is 1. The van der Waals surface area contributed by atoms with E-state index in [0.717, 1.165) is 47.3 Å². The number of amides is 2. The number of hydrogen-bond donors (Lipinski definition) is 1. The molecule has 0 spiro atoms. The smallest absolute Gasteiger partial charge is 0.243 e. The molecule has 0 saturated heterocycles. The van der Waals surface area contributed by atoms with Crippen LogP contribution in [-0.2, 0) is 22.6 Å². The SMILES string of the molecule is Cc1ccc(SCC(=O)N(Cc2ccc(F)cc2)C(Cc2ccccc2)C(=O)NC2CCCC2)cc1. The Morgan fingerprint density at radius 2 is 1.61 bits per heavy atom. The summed E-state index contributed by atoms with van der Waals surface area (Å²) < 4.78 is 13.6. The van der Waals surface area contributed by atoms with E-state index in [-0.39, 0.29) is 36.0 Å². The summed E-state index contributed by atoms with van der Waals surface area (Å²) in [7, 11) is 0. The summed E-state index contributed by atoms with van der Waals surface area (Å²) in [5.41, 5.74) is 2.94. The Morgan fingerprint density at radius 3 is 2.28 bits per heavy atom. The summed E-state index contributed by atoms with van der Waals surface area (Å²) in [6, 6.07) is 23.5. The molecule has 3 aromatic carbocycles. The summed E-state index contributed by atoms with van der Waals surface area (Å²) in [5.74, 6) is -0.355. The lowest BCUT2D eigenvalue weighted by Gasteiger charge is -2.32. The quantitative estimate of drug-likeness (QED) is 0.349. The van der Waals surface area contributed by atoms with Crippen molar-refractivity contribution in [3.63, 3.8) is 0 Å². The summed E-state index contributed by atoms with van der Waals surface area (Å²) >= 11 is 1.46. The molecule has 4 nitrogen and oxygen atoms in total. The Kier molecular flexibility index (Phi) is 9.17. The van der Waals surface area contributed by atoms with Crippen molar-refractivity contribution in [3.8, 4) is 0 Å². The minimum absolute atomic E-state index is 0.118. The number of hydrogen-bond acceptors (Lipinski definition) is 3. The van der Waals surface area contributed by atoms with Gasteiger partial charge in [0.1, 0.15) is 11.9 Å². The lowest BCUT2D eigenvalue weighted by Crippen LogP contribution is -2.52. The van der Waals surface area contributed by atoms with E-state index in [1.165, 1.54) is 23.9 Å². The number of halogens is 1. The molecule has 4 rings (SSSR count). The van der Waals surface area contributed by atoms with Gasteiger partial charge in [-0.2, -0.15) is 0 Å². The first-order valence-corrected chi connectivity index (χ1v) is 13.5. The number of aryl methyl sites for hydroxylation is 1. The van der Waals surface area contributed by atoms with E-state index >= 15 is 0 Å². The molecule has 3 aromatic rings. The molecule has 1 aliphatic rings. The Bertz CT molecular complexity index is 1130. The van der Waals surface area contributed by atoms with Crippen LogP contribution < -0.4 is 5.32 Å². The van der Waals surface area contributed by atoms with Crippen LogP contribution in [0.1, 0.15) is 42.4 Å². The van der Waals surface area contributed by atoms with Crippen molar-refractivity contribution in [2.24, 2.45) is 0 Å². The molecule has 1 atom stereocenters. The first-order chi connectivity index (χ1) is 17.5.